The molecule has 0 aliphatic carbocycles. The Balaban J connectivity index is 3.42. The van der Waals surface area contributed by atoms with Crippen molar-refractivity contribution in [2.75, 3.05) is 0 Å². The second-order valence-corrected chi connectivity index (χ2v) is 2.12. The van der Waals surface area contributed by atoms with Gasteiger partial charge >= 0.3 is 0 Å². The summed E-state index contributed by atoms with van der Waals surface area (Å²) in [4.78, 5) is 0. The largest absolute Gasteiger partial charge is 0.0848 e. The van der Waals surface area contributed by atoms with Crippen molar-refractivity contribution < 1.29 is 0 Å². The molecular weight excluding hydrogens is 132 g/mol. The van der Waals surface area contributed by atoms with E-state index in [2.05, 4.69) is 13.0 Å². The van der Waals surface area contributed by atoms with Crippen LogP contribution in [-0.4, -0.2) is 0 Å². The summed E-state index contributed by atoms with van der Waals surface area (Å²) in [6, 6.07) is 0. The van der Waals surface area contributed by atoms with E-state index in [1.54, 1.807) is 6.08 Å². The highest BCUT2D eigenvalue weighted by atomic mass is 13.7. The van der Waals surface area contributed by atoms with Gasteiger partial charge in [0.05, 0.1) is 0 Å². The zero-order chi connectivity index (χ0) is 8.36. The van der Waals surface area contributed by atoms with Crippen LogP contribution in [0.2, 0.25) is 0 Å². The molecule has 0 rings (SSSR count). The molecule has 0 bridgehead atoms. The topological polar surface area (TPSA) is 0 Å². The molecule has 0 aromatic carbocycles. The maximum absolute atomic E-state index is 5.18. The Hall–Kier alpha value is -1.04. The zero-order valence-corrected chi connectivity index (χ0v) is 7.03. The Labute approximate surface area is 69.6 Å². The maximum Gasteiger partial charge on any atom is -0.0163 e. The Morgan fingerprint density at radius 2 is 1.64 bits per heavy atom. The highest BCUT2D eigenvalue weighted by molar-refractivity contribution is 5.11. The lowest BCUT2D eigenvalue weighted by Crippen LogP contribution is -1.54. The minimum atomic E-state index is 0.835. The second kappa shape index (κ2) is 8.96. The monoisotopic (exact) mass is 147 g/mol. The smallest absolute Gasteiger partial charge is 0.0163 e. The first-order valence-electron chi connectivity index (χ1n) is 3.93. The highest BCUT2D eigenvalue weighted by Gasteiger charge is 1.64. The molecule has 0 spiro atoms. The molecule has 0 saturated heterocycles. The maximum atomic E-state index is 5.18. The lowest BCUT2D eigenvalue weighted by molar-refractivity contribution is 1.22. The Morgan fingerprint density at radius 3 is 2.18 bits per heavy atom. The predicted molar refractivity (Wildman–Crippen MR) is 51.2 cm³/mol. The fourth-order valence-electron chi connectivity index (χ4n) is 0.579. The molecule has 0 aliphatic heterocycles. The van der Waals surface area contributed by atoms with Crippen molar-refractivity contribution in [1.29, 1.82) is 0 Å². The molecule has 0 nitrogen and oxygen atoms in total. The molecule has 0 heteroatoms. The van der Waals surface area contributed by atoms with Crippen LogP contribution < -0.4 is 0 Å². The van der Waals surface area contributed by atoms with E-state index in [1.165, 1.54) is 0 Å². The quantitative estimate of drug-likeness (QED) is 0.522. The van der Waals surface area contributed by atoms with Crippen LogP contribution in [0.3, 0.4) is 0 Å². The molecule has 0 amide bonds. The molecule has 0 saturated carbocycles. The molecule has 0 aliphatic rings. The van der Waals surface area contributed by atoms with Crippen LogP contribution in [-0.2, 0) is 0 Å². The molecule has 0 N–H and O–H groups in total. The summed E-state index contributed by atoms with van der Waals surface area (Å²) in [6.45, 7) is 7.29. The first kappa shape index (κ1) is 9.96. The van der Waals surface area contributed by atoms with E-state index in [-0.39, 0.29) is 0 Å². The van der Waals surface area contributed by atoms with Crippen molar-refractivity contribution in [2.24, 2.45) is 0 Å². The average molecular weight is 147 g/mol. The van der Waals surface area contributed by atoms with Gasteiger partial charge in [-0.05, 0) is 12.8 Å². The molecule has 1 radical (unpaired) electrons. The van der Waals surface area contributed by atoms with Crippen molar-refractivity contribution in [2.45, 2.75) is 19.8 Å². The SMILES string of the molecule is [CH]=CCC=CC=CC=CCC. The predicted octanol–water partition coefficient (Wildman–Crippen LogP) is 3.44. The van der Waals surface area contributed by atoms with Crippen molar-refractivity contribution in [3.63, 3.8) is 0 Å². The van der Waals surface area contributed by atoms with Crippen LogP contribution >= 0.6 is 0 Å². The minimum Gasteiger partial charge on any atom is -0.0848 e. The third-order valence-electron chi connectivity index (χ3n) is 1.11. The van der Waals surface area contributed by atoms with Gasteiger partial charge in [-0.25, -0.2) is 0 Å². The molecule has 0 aromatic rings. The van der Waals surface area contributed by atoms with E-state index in [9.17, 15) is 0 Å². The normalized spacial score (nSPS) is 12.1. The van der Waals surface area contributed by atoms with Crippen LogP contribution in [0.15, 0.2) is 42.5 Å². The van der Waals surface area contributed by atoms with Crippen molar-refractivity contribution >= 4 is 0 Å². The van der Waals surface area contributed by atoms with Gasteiger partial charge in [0.15, 0.2) is 0 Å². The first-order chi connectivity index (χ1) is 5.41. The molecule has 0 unspecified atom stereocenters. The zero-order valence-electron chi connectivity index (χ0n) is 7.03. The van der Waals surface area contributed by atoms with Gasteiger partial charge in [0.1, 0.15) is 0 Å². The Kier molecular flexibility index (Phi) is 8.11. The molecule has 11 heavy (non-hydrogen) atoms. The van der Waals surface area contributed by atoms with E-state index < -0.39 is 0 Å². The summed E-state index contributed by atoms with van der Waals surface area (Å²) in [5, 5.41) is 0. The molecule has 0 atom stereocenters. The summed E-state index contributed by atoms with van der Waals surface area (Å²) < 4.78 is 0. The van der Waals surface area contributed by atoms with Gasteiger partial charge in [-0.3, -0.25) is 0 Å². The number of hydrogen-bond acceptors (Lipinski definition) is 0. The molecule has 0 aromatic heterocycles. The summed E-state index contributed by atoms with van der Waals surface area (Å²) in [7, 11) is 0. The lowest BCUT2D eigenvalue weighted by atomic mass is 10.3. The summed E-state index contributed by atoms with van der Waals surface area (Å²) in [6.07, 6.45) is 15.7. The van der Waals surface area contributed by atoms with Crippen molar-refractivity contribution in [3.05, 3.63) is 49.1 Å². The summed E-state index contributed by atoms with van der Waals surface area (Å²) >= 11 is 0. The van der Waals surface area contributed by atoms with Crippen LogP contribution in [0, 0.1) is 6.58 Å². The third-order valence-corrected chi connectivity index (χ3v) is 1.11. The fourth-order valence-corrected chi connectivity index (χ4v) is 0.579. The van der Waals surface area contributed by atoms with E-state index in [0.29, 0.717) is 0 Å². The van der Waals surface area contributed by atoms with Crippen molar-refractivity contribution in [3.8, 4) is 0 Å². The van der Waals surface area contributed by atoms with Crippen molar-refractivity contribution in [1.82, 2.24) is 0 Å². The minimum absolute atomic E-state index is 0.835. The van der Waals surface area contributed by atoms with E-state index in [0.717, 1.165) is 12.8 Å². The standard InChI is InChI=1S/C11H15/c1-3-5-7-9-11-10-8-6-4-2/h1,3,6-11H,4-5H2,2H3. The summed E-state index contributed by atoms with van der Waals surface area (Å²) in [5.41, 5.74) is 0. The molecule has 0 heterocycles. The third kappa shape index (κ3) is 8.96. The molecule has 0 fully saturated rings. The Morgan fingerprint density at radius 1 is 1.00 bits per heavy atom. The van der Waals surface area contributed by atoms with E-state index >= 15 is 0 Å². The summed E-state index contributed by atoms with van der Waals surface area (Å²) in [5.74, 6) is 0. The van der Waals surface area contributed by atoms with Gasteiger partial charge in [0.25, 0.3) is 0 Å². The van der Waals surface area contributed by atoms with Gasteiger partial charge in [0.2, 0.25) is 0 Å². The second-order valence-electron chi connectivity index (χ2n) is 2.12. The van der Waals surface area contributed by atoms with Crippen LogP contribution in [0.25, 0.3) is 0 Å². The van der Waals surface area contributed by atoms with Crippen LogP contribution in [0.1, 0.15) is 19.8 Å². The Bertz CT molecular complexity index is 159. The molecular formula is C11H15. The molecule has 59 valence electrons. The number of hydrogen-bond donors (Lipinski definition) is 0. The van der Waals surface area contributed by atoms with Gasteiger partial charge in [0, 0.05) is 0 Å². The van der Waals surface area contributed by atoms with Crippen LogP contribution in [0.5, 0.6) is 0 Å². The fraction of sp³-hybridized carbons (Fsp3) is 0.273. The lowest BCUT2D eigenvalue weighted by Gasteiger charge is -1.76. The number of rotatable bonds is 5. The van der Waals surface area contributed by atoms with Gasteiger partial charge < -0.3 is 0 Å². The van der Waals surface area contributed by atoms with E-state index in [4.69, 9.17) is 6.58 Å². The van der Waals surface area contributed by atoms with Gasteiger partial charge in [-0.2, -0.15) is 0 Å². The number of allylic oxidation sites excluding steroid dienone is 7. The van der Waals surface area contributed by atoms with E-state index in [1.807, 2.05) is 30.4 Å². The first-order valence-corrected chi connectivity index (χ1v) is 3.93. The van der Waals surface area contributed by atoms with Crippen LogP contribution in [0.4, 0.5) is 0 Å². The average Bonchev–Trinajstić information content (AvgIpc) is 2.03. The highest BCUT2D eigenvalue weighted by Crippen LogP contribution is 1.86. The van der Waals surface area contributed by atoms with Gasteiger partial charge in [-0.15, -0.1) is 0 Å². The van der Waals surface area contributed by atoms with Gasteiger partial charge in [-0.1, -0.05) is 56.0 Å².